The first kappa shape index (κ1) is 19.2. The Morgan fingerprint density at radius 2 is 2.00 bits per heavy atom. The van der Waals surface area contributed by atoms with Crippen molar-refractivity contribution in [2.75, 3.05) is 26.3 Å². The topological polar surface area (TPSA) is 68.7 Å². The standard InChI is InChI=1S/C18H18ClIN2O4/c19-13-9-14(20)18(17-12(13)5-4-6-21-17)26-11-16(24)25-10-15(23)22-7-2-1-3-8-22/h4-6,9H,1-3,7-8,10-11H2. The van der Waals surface area contributed by atoms with Gasteiger partial charge in [0.15, 0.2) is 19.0 Å². The monoisotopic (exact) mass is 488 g/mol. The number of amides is 1. The van der Waals surface area contributed by atoms with Gasteiger partial charge in [0.2, 0.25) is 0 Å². The maximum absolute atomic E-state index is 12.0. The highest BCUT2D eigenvalue weighted by atomic mass is 127. The average Bonchev–Trinajstić information content (AvgIpc) is 2.66. The van der Waals surface area contributed by atoms with Crippen molar-refractivity contribution < 1.29 is 19.1 Å². The molecule has 0 saturated carbocycles. The molecule has 1 aliphatic rings. The van der Waals surface area contributed by atoms with Crippen molar-refractivity contribution in [2.45, 2.75) is 19.3 Å². The van der Waals surface area contributed by atoms with E-state index in [-0.39, 0.29) is 19.1 Å². The molecule has 1 aromatic carbocycles. The van der Waals surface area contributed by atoms with E-state index < -0.39 is 5.97 Å². The van der Waals surface area contributed by atoms with Crippen LogP contribution in [0.2, 0.25) is 5.02 Å². The Bertz CT molecular complexity index is 824. The molecule has 3 rings (SSSR count). The molecule has 2 heterocycles. The number of benzene rings is 1. The number of halogens is 2. The number of carbonyl (C=O) groups is 2. The SMILES string of the molecule is O=C(COc1c(I)cc(Cl)c2cccnc12)OCC(=O)N1CCCCC1. The minimum Gasteiger partial charge on any atom is -0.478 e. The first-order chi connectivity index (χ1) is 12.6. The minimum atomic E-state index is -0.592. The molecular weight excluding hydrogens is 471 g/mol. The third-order valence-electron chi connectivity index (χ3n) is 4.15. The van der Waals surface area contributed by atoms with Gasteiger partial charge in [0, 0.05) is 24.7 Å². The number of nitrogens with zero attached hydrogens (tertiary/aromatic N) is 2. The van der Waals surface area contributed by atoms with Gasteiger partial charge in [-0.05, 0) is 60.1 Å². The number of ether oxygens (including phenoxy) is 2. The van der Waals surface area contributed by atoms with Crippen LogP contribution in [0.4, 0.5) is 0 Å². The number of hydrogen-bond donors (Lipinski definition) is 0. The molecule has 1 saturated heterocycles. The Hall–Kier alpha value is -1.61. The largest absolute Gasteiger partial charge is 0.478 e. The molecule has 26 heavy (non-hydrogen) atoms. The van der Waals surface area contributed by atoms with Crippen molar-refractivity contribution in [1.82, 2.24) is 9.88 Å². The molecular formula is C18H18ClIN2O4. The van der Waals surface area contributed by atoms with Gasteiger partial charge in [0.05, 0.1) is 8.59 Å². The molecule has 0 spiro atoms. The van der Waals surface area contributed by atoms with Crippen molar-refractivity contribution >= 4 is 57.0 Å². The molecule has 0 radical (unpaired) electrons. The molecule has 0 unspecified atom stereocenters. The van der Waals surface area contributed by atoms with Gasteiger partial charge in [0.1, 0.15) is 5.52 Å². The second-order valence-corrected chi connectivity index (χ2v) is 7.53. The summed E-state index contributed by atoms with van der Waals surface area (Å²) < 4.78 is 11.4. The van der Waals surface area contributed by atoms with Crippen LogP contribution in [-0.2, 0) is 14.3 Å². The average molecular weight is 489 g/mol. The van der Waals surface area contributed by atoms with Gasteiger partial charge < -0.3 is 14.4 Å². The van der Waals surface area contributed by atoms with Crippen LogP contribution in [0.15, 0.2) is 24.4 Å². The number of aromatic nitrogens is 1. The first-order valence-corrected chi connectivity index (χ1v) is 9.81. The lowest BCUT2D eigenvalue weighted by Crippen LogP contribution is -2.38. The van der Waals surface area contributed by atoms with Crippen LogP contribution < -0.4 is 4.74 Å². The minimum absolute atomic E-state index is 0.161. The molecule has 1 fully saturated rings. The van der Waals surface area contributed by atoms with Crippen LogP contribution in [0.5, 0.6) is 5.75 Å². The summed E-state index contributed by atoms with van der Waals surface area (Å²) in [6.45, 7) is 0.913. The van der Waals surface area contributed by atoms with E-state index in [0.717, 1.165) is 41.3 Å². The number of carbonyl (C=O) groups excluding carboxylic acids is 2. The van der Waals surface area contributed by atoms with E-state index in [9.17, 15) is 9.59 Å². The zero-order chi connectivity index (χ0) is 18.5. The van der Waals surface area contributed by atoms with Crippen LogP contribution in [0, 0.1) is 3.57 Å². The van der Waals surface area contributed by atoms with Crippen molar-refractivity contribution in [2.24, 2.45) is 0 Å². The van der Waals surface area contributed by atoms with Gasteiger partial charge in [-0.1, -0.05) is 11.6 Å². The molecule has 2 aromatic rings. The predicted octanol–water partition coefficient (Wildman–Crippen LogP) is 3.43. The summed E-state index contributed by atoms with van der Waals surface area (Å²) in [5, 5.41) is 1.32. The second kappa shape index (κ2) is 8.85. The van der Waals surface area contributed by atoms with Crippen molar-refractivity contribution in [3.8, 4) is 5.75 Å². The Morgan fingerprint density at radius 3 is 2.77 bits per heavy atom. The van der Waals surface area contributed by atoms with Gasteiger partial charge in [-0.3, -0.25) is 9.78 Å². The number of esters is 1. The Kier molecular flexibility index (Phi) is 6.53. The first-order valence-electron chi connectivity index (χ1n) is 8.35. The van der Waals surface area contributed by atoms with E-state index in [2.05, 4.69) is 27.6 Å². The van der Waals surface area contributed by atoms with E-state index in [1.54, 1.807) is 23.2 Å². The molecule has 1 aliphatic heterocycles. The lowest BCUT2D eigenvalue weighted by molar-refractivity contribution is -0.154. The van der Waals surface area contributed by atoms with E-state index in [4.69, 9.17) is 21.1 Å². The van der Waals surface area contributed by atoms with Crippen LogP contribution in [0.1, 0.15) is 19.3 Å². The molecule has 0 bridgehead atoms. The summed E-state index contributed by atoms with van der Waals surface area (Å²) in [5.74, 6) is -0.277. The highest BCUT2D eigenvalue weighted by Crippen LogP contribution is 2.34. The summed E-state index contributed by atoms with van der Waals surface area (Å²) in [4.78, 5) is 30.0. The molecule has 138 valence electrons. The highest BCUT2D eigenvalue weighted by molar-refractivity contribution is 14.1. The number of fused-ring (bicyclic) bond motifs is 1. The number of hydrogen-bond acceptors (Lipinski definition) is 5. The van der Waals surface area contributed by atoms with Gasteiger partial charge >= 0.3 is 5.97 Å². The summed E-state index contributed by atoms with van der Waals surface area (Å²) in [6, 6.07) is 5.38. The normalized spacial score (nSPS) is 14.3. The molecule has 0 atom stereocenters. The summed E-state index contributed by atoms with van der Waals surface area (Å²) >= 11 is 8.30. The number of pyridine rings is 1. The third kappa shape index (κ3) is 4.56. The Morgan fingerprint density at radius 1 is 1.23 bits per heavy atom. The summed E-state index contributed by atoms with van der Waals surface area (Å²) in [7, 11) is 0. The highest BCUT2D eigenvalue weighted by Gasteiger charge is 2.19. The number of rotatable bonds is 5. The van der Waals surface area contributed by atoms with Gasteiger partial charge in [-0.25, -0.2) is 4.79 Å². The maximum atomic E-state index is 12.0. The fourth-order valence-corrected chi connectivity index (χ4v) is 4.00. The van der Waals surface area contributed by atoms with Crippen molar-refractivity contribution in [1.29, 1.82) is 0 Å². The molecule has 1 aromatic heterocycles. The van der Waals surface area contributed by atoms with E-state index in [1.165, 1.54) is 0 Å². The third-order valence-corrected chi connectivity index (χ3v) is 5.26. The summed E-state index contributed by atoms with van der Waals surface area (Å²) in [5.41, 5.74) is 0.585. The van der Waals surface area contributed by atoms with Gasteiger partial charge in [0.25, 0.3) is 5.91 Å². The Balaban J connectivity index is 1.58. The maximum Gasteiger partial charge on any atom is 0.344 e. The van der Waals surface area contributed by atoms with Crippen LogP contribution >= 0.6 is 34.2 Å². The number of likely N-dealkylation sites (tertiary alicyclic amines) is 1. The van der Waals surface area contributed by atoms with E-state index >= 15 is 0 Å². The van der Waals surface area contributed by atoms with E-state index in [1.807, 2.05) is 6.07 Å². The van der Waals surface area contributed by atoms with Crippen LogP contribution in [0.25, 0.3) is 10.9 Å². The lowest BCUT2D eigenvalue weighted by atomic mass is 10.1. The molecule has 8 heteroatoms. The van der Waals surface area contributed by atoms with Crippen LogP contribution in [0.3, 0.4) is 0 Å². The van der Waals surface area contributed by atoms with Crippen LogP contribution in [-0.4, -0.2) is 48.1 Å². The lowest BCUT2D eigenvalue weighted by Gasteiger charge is -2.26. The Labute approximate surface area is 169 Å². The molecule has 1 amide bonds. The summed E-state index contributed by atoms with van der Waals surface area (Å²) in [6.07, 6.45) is 4.77. The molecule has 6 nitrogen and oxygen atoms in total. The smallest absolute Gasteiger partial charge is 0.344 e. The zero-order valence-corrected chi connectivity index (χ0v) is 17.0. The second-order valence-electron chi connectivity index (χ2n) is 5.96. The fraction of sp³-hybridized carbons (Fsp3) is 0.389. The van der Waals surface area contributed by atoms with Gasteiger partial charge in [-0.15, -0.1) is 0 Å². The molecule has 0 N–H and O–H groups in total. The van der Waals surface area contributed by atoms with Gasteiger partial charge in [-0.2, -0.15) is 0 Å². The molecule has 0 aliphatic carbocycles. The van der Waals surface area contributed by atoms with E-state index in [0.29, 0.717) is 16.3 Å². The van der Waals surface area contributed by atoms with Crippen molar-refractivity contribution in [3.05, 3.63) is 33.0 Å². The zero-order valence-electron chi connectivity index (χ0n) is 14.0. The quantitative estimate of drug-likeness (QED) is 0.476. The van der Waals surface area contributed by atoms with Crippen molar-refractivity contribution in [3.63, 3.8) is 0 Å². The fourth-order valence-electron chi connectivity index (χ4n) is 2.83. The predicted molar refractivity (Wildman–Crippen MR) is 106 cm³/mol. The number of piperidine rings is 1.